The number of non-ortho nitro benzene ring substituents is 1. The van der Waals surface area contributed by atoms with E-state index in [1.807, 2.05) is 4.93 Å². The number of nitro benzene ring substituents is 1. The first-order valence-corrected chi connectivity index (χ1v) is 13.9. The number of fused-ring (bicyclic) bond motifs is 2. The second-order valence-electron chi connectivity index (χ2n) is 8.39. The molecule has 15 nitrogen and oxygen atoms in total. The van der Waals surface area contributed by atoms with Crippen LogP contribution in [0.1, 0.15) is 18.4 Å². The number of benzene rings is 1. The number of ether oxygens (including phenoxy) is 3. The molecule has 4 unspecified atom stereocenters. The van der Waals surface area contributed by atoms with Crippen molar-refractivity contribution >= 4 is 52.0 Å². The Morgan fingerprint density at radius 2 is 1.46 bits per heavy atom. The molecular formula is C24H25IN3NaO12. The van der Waals surface area contributed by atoms with Crippen LogP contribution < -0.4 is 34.7 Å². The number of aliphatic carboxylic acids is 1. The molecule has 17 heteroatoms. The van der Waals surface area contributed by atoms with Crippen molar-refractivity contribution in [2.45, 2.75) is 44.0 Å². The monoisotopic (exact) mass is 697 g/mol. The normalized spacial score (nSPS) is 25.0. The Bertz CT molecular complexity index is 1220. The Hall–Kier alpha value is -2.77. The van der Waals surface area contributed by atoms with Crippen LogP contribution in [-0.2, 0) is 40.0 Å². The summed E-state index contributed by atoms with van der Waals surface area (Å²) in [4.78, 5) is 60.1. The molecule has 4 atom stereocenters. The van der Waals surface area contributed by atoms with Crippen LogP contribution >= 0.6 is 22.6 Å². The number of amides is 2. The van der Waals surface area contributed by atoms with Gasteiger partial charge in [-0.05, 0) is 34.8 Å². The number of carboxylic acid groups (broad SMARTS) is 1. The summed E-state index contributed by atoms with van der Waals surface area (Å²) in [5.74, 6) is -2.28. The molecule has 0 aliphatic carbocycles. The number of carboxylic acids is 1. The van der Waals surface area contributed by atoms with Crippen molar-refractivity contribution in [1.82, 2.24) is 9.80 Å². The molecule has 0 spiro atoms. The summed E-state index contributed by atoms with van der Waals surface area (Å²) in [5, 5.41) is 38.9. The van der Waals surface area contributed by atoms with Crippen LogP contribution in [0.25, 0.3) is 0 Å². The fourth-order valence-electron chi connectivity index (χ4n) is 4.24. The Morgan fingerprint density at radius 1 is 1.00 bits per heavy atom. The van der Waals surface area contributed by atoms with Crippen LogP contribution in [0.4, 0.5) is 5.69 Å². The van der Waals surface area contributed by atoms with Crippen LogP contribution in [0.3, 0.4) is 0 Å². The minimum Gasteiger partial charge on any atom is -0.547 e. The first-order chi connectivity index (χ1) is 19.2. The van der Waals surface area contributed by atoms with Gasteiger partial charge in [0.15, 0.2) is 18.5 Å². The van der Waals surface area contributed by atoms with Crippen LogP contribution in [0, 0.1) is 10.1 Å². The van der Waals surface area contributed by atoms with E-state index in [4.69, 9.17) is 24.4 Å². The molecule has 5 rings (SSSR count). The maximum atomic E-state index is 12.3. The molecule has 4 aliphatic rings. The summed E-state index contributed by atoms with van der Waals surface area (Å²) in [6, 6.07) is 3.42. The van der Waals surface area contributed by atoms with Crippen molar-refractivity contribution in [2.75, 3.05) is 18.1 Å². The smallest absolute Gasteiger partial charge is 0.547 e. The van der Waals surface area contributed by atoms with E-state index in [2.05, 4.69) is 22.6 Å². The molecule has 1 aromatic rings. The topological polar surface area (TPSA) is 209 Å². The molecule has 2 amide bonds. The number of β-lactam (4-membered cyclic amide) rings is 2. The van der Waals surface area contributed by atoms with Gasteiger partial charge in [0, 0.05) is 12.1 Å². The Kier molecular flexibility index (Phi) is 13.0. The predicted molar refractivity (Wildman–Crippen MR) is 138 cm³/mol. The number of hydrogen-bond donors (Lipinski definition) is 2. The van der Waals surface area contributed by atoms with Gasteiger partial charge in [-0.1, -0.05) is 22.6 Å². The Balaban J connectivity index is 0.000000295. The predicted octanol–water partition coefficient (Wildman–Crippen LogP) is -3.90. The molecule has 4 fully saturated rings. The van der Waals surface area contributed by atoms with Crippen molar-refractivity contribution < 1.29 is 83.2 Å². The third kappa shape index (κ3) is 7.55. The minimum atomic E-state index is -1.39. The number of rotatable bonds is 7. The zero-order valence-corrected chi connectivity index (χ0v) is 26.2. The van der Waals surface area contributed by atoms with Gasteiger partial charge < -0.3 is 34.3 Å². The number of esters is 1. The molecule has 41 heavy (non-hydrogen) atoms. The van der Waals surface area contributed by atoms with Gasteiger partial charge in [0.05, 0.1) is 36.9 Å². The van der Waals surface area contributed by atoms with Gasteiger partial charge >= 0.3 is 35.5 Å². The maximum absolute atomic E-state index is 12.3. The van der Waals surface area contributed by atoms with Crippen molar-refractivity contribution in [3.8, 4) is 0 Å². The van der Waals surface area contributed by atoms with Crippen LogP contribution in [0.2, 0.25) is 0 Å². The number of hydrogen-bond acceptors (Lipinski definition) is 12. The quantitative estimate of drug-likeness (QED) is 0.0533. The average Bonchev–Trinajstić information content (AvgIpc) is 3.40. The second kappa shape index (κ2) is 15.5. The number of aliphatic hydroxyl groups excluding tert-OH is 2. The summed E-state index contributed by atoms with van der Waals surface area (Å²) in [6.07, 6.45) is 1.94. The summed E-state index contributed by atoms with van der Waals surface area (Å²) in [5.41, 5.74) is 0.517. The van der Waals surface area contributed by atoms with Crippen LogP contribution in [-0.4, -0.2) is 91.4 Å². The zero-order valence-electron chi connectivity index (χ0n) is 22.0. The van der Waals surface area contributed by atoms with Crippen LogP contribution in [0.5, 0.6) is 0 Å². The number of nitro groups is 1. The number of alkyl halides is 1. The number of aliphatic hydroxyl groups is 2. The van der Waals surface area contributed by atoms with E-state index in [9.17, 15) is 34.4 Å². The van der Waals surface area contributed by atoms with Gasteiger partial charge in [-0.3, -0.25) is 29.5 Å². The fraction of sp³-hybridized carbons (Fsp3) is 0.417. The SMILES string of the molecule is CI.O=C(OCc1ccc([N+](=O)[O-])cc1)C1/C(=C/CO)OC2CC(=O)N21.O=C([O-])C1/C(=C/CO)OC2CC(=O)N21.[Na+]. The Labute approximate surface area is 269 Å². The maximum Gasteiger partial charge on any atom is 1.00 e. The van der Waals surface area contributed by atoms with Crippen LogP contribution in [0.15, 0.2) is 47.9 Å². The van der Waals surface area contributed by atoms with Gasteiger partial charge in [0.25, 0.3) is 5.69 Å². The van der Waals surface area contributed by atoms with Gasteiger partial charge in [-0.15, -0.1) is 0 Å². The van der Waals surface area contributed by atoms with E-state index in [0.29, 0.717) is 5.56 Å². The van der Waals surface area contributed by atoms with Gasteiger partial charge in [-0.2, -0.15) is 0 Å². The molecule has 0 bridgehead atoms. The first kappa shape index (κ1) is 34.4. The molecule has 4 heterocycles. The molecule has 2 N–H and O–H groups in total. The largest absolute Gasteiger partial charge is 1.00 e. The van der Waals surface area contributed by atoms with E-state index in [0.717, 1.165) is 4.90 Å². The summed E-state index contributed by atoms with van der Waals surface area (Å²) >= 11 is 2.15. The summed E-state index contributed by atoms with van der Waals surface area (Å²) < 4.78 is 15.7. The average molecular weight is 697 g/mol. The molecule has 1 aromatic carbocycles. The third-order valence-electron chi connectivity index (χ3n) is 6.09. The van der Waals surface area contributed by atoms with Crippen molar-refractivity contribution in [2.24, 2.45) is 0 Å². The summed E-state index contributed by atoms with van der Waals surface area (Å²) in [6.45, 7) is -0.740. The molecule has 0 aromatic heterocycles. The fourth-order valence-corrected chi connectivity index (χ4v) is 4.24. The van der Waals surface area contributed by atoms with Gasteiger partial charge in [0.1, 0.15) is 24.2 Å². The molecule has 216 valence electrons. The number of nitrogens with zero attached hydrogens (tertiary/aromatic N) is 3. The molecular weight excluding hydrogens is 672 g/mol. The first-order valence-electron chi connectivity index (χ1n) is 11.7. The second-order valence-corrected chi connectivity index (χ2v) is 8.39. The Morgan fingerprint density at radius 3 is 1.88 bits per heavy atom. The molecule has 0 radical (unpaired) electrons. The van der Waals surface area contributed by atoms with E-state index >= 15 is 0 Å². The summed E-state index contributed by atoms with van der Waals surface area (Å²) in [7, 11) is 0. The molecule has 4 aliphatic heterocycles. The number of carbonyl (C=O) groups is 4. The number of carbonyl (C=O) groups excluding carboxylic acids is 4. The van der Waals surface area contributed by atoms with E-state index < -0.39 is 41.4 Å². The third-order valence-corrected chi connectivity index (χ3v) is 6.09. The molecule has 4 saturated heterocycles. The molecule has 0 saturated carbocycles. The van der Waals surface area contributed by atoms with Gasteiger partial charge in [0.2, 0.25) is 11.8 Å². The van der Waals surface area contributed by atoms with Crippen molar-refractivity contribution in [3.05, 3.63) is 63.6 Å². The standard InChI is InChI=1S/C15H14N2O7.C8H9NO5.CH3I.Na/c18-6-5-11-14(16-12(19)7-13(16)24-11)15(20)23-8-9-1-3-10(4-2-9)17(21)22;10-2-1-4-7(8(12)13)9-5(11)3-6(9)14-4;1-2;/h1-5,13-14,18H,6-8H2;1,6-7,10H,2-3H2,(H,12,13);1H3;/q;;;+1/p-1/b11-5-;4-1-;;. The van der Waals surface area contributed by atoms with E-state index in [1.165, 1.54) is 41.3 Å². The van der Waals surface area contributed by atoms with E-state index in [1.54, 1.807) is 0 Å². The zero-order chi connectivity index (χ0) is 29.6. The van der Waals surface area contributed by atoms with Crippen molar-refractivity contribution in [3.63, 3.8) is 0 Å². The van der Waals surface area contributed by atoms with Gasteiger partial charge in [-0.25, -0.2) is 4.79 Å². The van der Waals surface area contributed by atoms with E-state index in [-0.39, 0.29) is 91.2 Å². The number of halogens is 1. The minimum absolute atomic E-state index is 0. The van der Waals surface area contributed by atoms with Crippen molar-refractivity contribution in [1.29, 1.82) is 0 Å².